The van der Waals surface area contributed by atoms with E-state index in [1.807, 2.05) is 0 Å². The maximum absolute atomic E-state index is 11.4. The molecule has 0 bridgehead atoms. The summed E-state index contributed by atoms with van der Waals surface area (Å²) in [5.41, 5.74) is 0.340. The summed E-state index contributed by atoms with van der Waals surface area (Å²) in [7, 11) is 0. The summed E-state index contributed by atoms with van der Waals surface area (Å²) in [5, 5.41) is 2.61. The predicted molar refractivity (Wildman–Crippen MR) is 57.3 cm³/mol. The van der Waals surface area contributed by atoms with Crippen molar-refractivity contribution in [2.45, 2.75) is 6.92 Å². The molecular formula is C9H7BrClNO2. The van der Waals surface area contributed by atoms with E-state index in [9.17, 15) is 9.59 Å². The quantitative estimate of drug-likeness (QED) is 0.856. The van der Waals surface area contributed by atoms with Gasteiger partial charge in [0.25, 0.3) is 5.91 Å². The molecule has 0 aliphatic heterocycles. The Morgan fingerprint density at radius 2 is 2.07 bits per heavy atom. The van der Waals surface area contributed by atoms with Gasteiger partial charge in [-0.1, -0.05) is 11.6 Å². The maximum Gasteiger partial charge on any atom is 0.259 e. The van der Waals surface area contributed by atoms with Crippen molar-refractivity contribution in [2.75, 3.05) is 0 Å². The molecule has 0 saturated heterocycles. The fourth-order valence-corrected chi connectivity index (χ4v) is 1.50. The second-order valence-electron chi connectivity index (χ2n) is 2.63. The van der Waals surface area contributed by atoms with E-state index in [0.29, 0.717) is 15.1 Å². The van der Waals surface area contributed by atoms with Crippen LogP contribution in [-0.4, -0.2) is 11.8 Å². The zero-order valence-corrected chi connectivity index (χ0v) is 9.65. The summed E-state index contributed by atoms with van der Waals surface area (Å²) in [5.74, 6) is -0.867. The second-order valence-corrected chi connectivity index (χ2v) is 3.93. The lowest BCUT2D eigenvalue weighted by Gasteiger charge is -2.03. The largest absolute Gasteiger partial charge is 0.293 e. The van der Waals surface area contributed by atoms with Crippen LogP contribution in [0, 0.1) is 0 Å². The molecular weight excluding hydrogens is 269 g/mol. The molecule has 0 spiro atoms. The van der Waals surface area contributed by atoms with Crippen LogP contribution in [-0.2, 0) is 4.79 Å². The van der Waals surface area contributed by atoms with E-state index < -0.39 is 11.8 Å². The molecule has 0 atom stereocenters. The first-order valence-corrected chi connectivity index (χ1v) is 4.95. The molecule has 5 heteroatoms. The highest BCUT2D eigenvalue weighted by molar-refractivity contribution is 9.10. The summed E-state index contributed by atoms with van der Waals surface area (Å²) >= 11 is 8.90. The van der Waals surface area contributed by atoms with E-state index in [0.717, 1.165) is 0 Å². The van der Waals surface area contributed by atoms with Gasteiger partial charge in [0.15, 0.2) is 0 Å². The molecule has 0 aliphatic rings. The van der Waals surface area contributed by atoms with Crippen LogP contribution in [0.1, 0.15) is 17.3 Å². The van der Waals surface area contributed by atoms with Gasteiger partial charge in [0.05, 0.1) is 5.56 Å². The van der Waals surface area contributed by atoms with Crippen LogP contribution in [0.2, 0.25) is 5.02 Å². The zero-order valence-electron chi connectivity index (χ0n) is 7.30. The standard InChI is InChI=1S/C9H7BrClNO2/c1-5(13)12-9(14)7-4-6(11)2-3-8(7)10/h2-4H,1H3,(H,12,13,14). The van der Waals surface area contributed by atoms with Crippen LogP contribution in [0.15, 0.2) is 22.7 Å². The molecule has 14 heavy (non-hydrogen) atoms. The molecule has 0 unspecified atom stereocenters. The molecule has 1 rings (SSSR count). The highest BCUT2D eigenvalue weighted by Crippen LogP contribution is 2.20. The van der Waals surface area contributed by atoms with Crippen molar-refractivity contribution >= 4 is 39.3 Å². The Bertz CT molecular complexity index is 392. The smallest absolute Gasteiger partial charge is 0.259 e. The molecule has 1 aromatic carbocycles. The minimum atomic E-state index is -0.466. The van der Waals surface area contributed by atoms with Gasteiger partial charge in [0, 0.05) is 16.4 Å². The Hall–Kier alpha value is -0.870. The number of hydrogen-bond donors (Lipinski definition) is 1. The van der Waals surface area contributed by atoms with Gasteiger partial charge in [-0.15, -0.1) is 0 Å². The molecule has 1 N–H and O–H groups in total. The number of imide groups is 1. The molecule has 0 aliphatic carbocycles. The highest BCUT2D eigenvalue weighted by Gasteiger charge is 2.11. The van der Waals surface area contributed by atoms with Gasteiger partial charge in [-0.25, -0.2) is 0 Å². The highest BCUT2D eigenvalue weighted by atomic mass is 79.9. The van der Waals surface area contributed by atoms with Crippen LogP contribution >= 0.6 is 27.5 Å². The summed E-state index contributed by atoms with van der Waals surface area (Å²) in [4.78, 5) is 22.1. The fourth-order valence-electron chi connectivity index (χ4n) is 0.899. The first-order chi connectivity index (χ1) is 6.50. The first kappa shape index (κ1) is 11.2. The summed E-state index contributed by atoms with van der Waals surface area (Å²) in [6.45, 7) is 1.27. The van der Waals surface area contributed by atoms with Gasteiger partial charge in [0.1, 0.15) is 0 Å². The molecule has 1 aromatic rings. The number of carbonyl (C=O) groups excluding carboxylic acids is 2. The topological polar surface area (TPSA) is 46.2 Å². The third-order valence-corrected chi connectivity index (χ3v) is 2.39. The van der Waals surface area contributed by atoms with E-state index in [1.54, 1.807) is 12.1 Å². The van der Waals surface area contributed by atoms with Gasteiger partial charge in [-0.3, -0.25) is 14.9 Å². The molecule has 0 radical (unpaired) electrons. The number of halogens is 2. The van der Waals surface area contributed by atoms with Crippen molar-refractivity contribution < 1.29 is 9.59 Å². The normalized spacial score (nSPS) is 9.64. The van der Waals surface area contributed by atoms with E-state index in [2.05, 4.69) is 21.2 Å². The number of carbonyl (C=O) groups is 2. The van der Waals surface area contributed by atoms with E-state index >= 15 is 0 Å². The average Bonchev–Trinajstić information content (AvgIpc) is 2.08. The molecule has 3 nitrogen and oxygen atoms in total. The number of nitrogens with one attached hydrogen (secondary N) is 1. The lowest BCUT2D eigenvalue weighted by molar-refractivity contribution is -0.118. The van der Waals surface area contributed by atoms with Gasteiger partial charge >= 0.3 is 0 Å². The van der Waals surface area contributed by atoms with Crippen molar-refractivity contribution in [3.63, 3.8) is 0 Å². The molecule has 0 heterocycles. The summed E-state index contributed by atoms with van der Waals surface area (Å²) < 4.78 is 0.598. The Morgan fingerprint density at radius 3 is 2.64 bits per heavy atom. The number of benzene rings is 1. The minimum absolute atomic E-state index is 0.340. The van der Waals surface area contributed by atoms with Crippen LogP contribution in [0.3, 0.4) is 0 Å². The molecule has 0 saturated carbocycles. The van der Waals surface area contributed by atoms with Crippen LogP contribution in [0.25, 0.3) is 0 Å². The van der Waals surface area contributed by atoms with Gasteiger partial charge < -0.3 is 0 Å². The zero-order chi connectivity index (χ0) is 10.7. The number of hydrogen-bond acceptors (Lipinski definition) is 2. The lowest BCUT2D eigenvalue weighted by Crippen LogP contribution is -2.28. The molecule has 74 valence electrons. The van der Waals surface area contributed by atoms with Crippen molar-refractivity contribution in [1.29, 1.82) is 0 Å². The lowest BCUT2D eigenvalue weighted by atomic mass is 10.2. The van der Waals surface area contributed by atoms with Crippen molar-refractivity contribution in [1.82, 2.24) is 5.32 Å². The third kappa shape index (κ3) is 2.82. The molecule has 2 amide bonds. The van der Waals surface area contributed by atoms with Gasteiger partial charge in [0.2, 0.25) is 5.91 Å². The van der Waals surface area contributed by atoms with E-state index in [-0.39, 0.29) is 0 Å². The van der Waals surface area contributed by atoms with Crippen molar-refractivity contribution in [2.24, 2.45) is 0 Å². The Balaban J connectivity index is 3.00. The van der Waals surface area contributed by atoms with Crippen LogP contribution in [0.4, 0.5) is 0 Å². The van der Waals surface area contributed by atoms with Crippen LogP contribution < -0.4 is 5.32 Å². The Labute approximate surface area is 94.6 Å². The predicted octanol–water partition coefficient (Wildman–Crippen LogP) is 2.38. The number of amides is 2. The number of rotatable bonds is 1. The van der Waals surface area contributed by atoms with Gasteiger partial charge in [-0.2, -0.15) is 0 Å². The molecule has 0 fully saturated rings. The third-order valence-electron chi connectivity index (χ3n) is 1.46. The van der Waals surface area contributed by atoms with Crippen molar-refractivity contribution in [3.05, 3.63) is 33.3 Å². The minimum Gasteiger partial charge on any atom is -0.293 e. The maximum atomic E-state index is 11.4. The monoisotopic (exact) mass is 275 g/mol. The van der Waals surface area contributed by atoms with Crippen LogP contribution in [0.5, 0.6) is 0 Å². The SMILES string of the molecule is CC(=O)NC(=O)c1cc(Cl)ccc1Br. The molecule has 0 aromatic heterocycles. The fraction of sp³-hybridized carbons (Fsp3) is 0.111. The average molecular weight is 277 g/mol. The second kappa shape index (κ2) is 4.57. The van der Waals surface area contributed by atoms with E-state index in [1.165, 1.54) is 13.0 Å². The summed E-state index contributed by atoms with van der Waals surface area (Å²) in [6, 6.07) is 4.79. The Morgan fingerprint density at radius 1 is 1.43 bits per heavy atom. The van der Waals surface area contributed by atoms with Gasteiger partial charge in [-0.05, 0) is 34.1 Å². The van der Waals surface area contributed by atoms with E-state index in [4.69, 9.17) is 11.6 Å². The Kier molecular flexibility index (Phi) is 3.66. The van der Waals surface area contributed by atoms with Crippen molar-refractivity contribution in [3.8, 4) is 0 Å². The first-order valence-electron chi connectivity index (χ1n) is 3.77. The summed E-state index contributed by atoms with van der Waals surface area (Å²) in [6.07, 6.45) is 0.